The molecule has 10 atom stereocenters. The number of ether oxygens (including phenoxy) is 9. The van der Waals surface area contributed by atoms with Crippen LogP contribution in [0.15, 0.2) is 0 Å². The van der Waals surface area contributed by atoms with Gasteiger partial charge in [-0.1, -0.05) is 34.6 Å². The number of rotatable bonds is 17. The van der Waals surface area contributed by atoms with Crippen LogP contribution in [0.25, 0.3) is 0 Å². The van der Waals surface area contributed by atoms with Crippen LogP contribution in [0.5, 0.6) is 0 Å². The lowest BCUT2D eigenvalue weighted by molar-refractivity contribution is -0.263. The average Bonchev–Trinajstić information content (AvgIpc) is 4.45. The van der Waals surface area contributed by atoms with E-state index in [0.717, 1.165) is 96.3 Å². The predicted molar refractivity (Wildman–Crippen MR) is 304 cm³/mol. The molecule has 0 radical (unpaired) electrons. The highest BCUT2D eigenvalue weighted by atomic mass is 16.7. The number of esters is 7. The Morgan fingerprint density at radius 1 is 0.543 bits per heavy atom. The quantitative estimate of drug-likeness (QED) is 0.0982. The molecule has 0 N–H and O–H groups in total. The smallest absolute Gasteiger partial charge is 0.347 e. The van der Waals surface area contributed by atoms with Crippen LogP contribution in [0.3, 0.4) is 0 Å². The molecule has 10 aliphatic rings. The zero-order valence-corrected chi connectivity index (χ0v) is 53.2. The Morgan fingerprint density at radius 2 is 1.06 bits per heavy atom. The fraction of sp³-hybridized carbons (Fsp3) is 0.892. The largest absolute Gasteiger partial charge is 0.463 e. The lowest BCUT2D eigenvalue weighted by Gasteiger charge is -2.62. The molecular weight excluding hydrogens is 1040 g/mol. The van der Waals surface area contributed by atoms with Crippen LogP contribution in [-0.4, -0.2) is 107 Å². The molecule has 0 amide bonds. The first-order valence-electron chi connectivity index (χ1n) is 31.3. The van der Waals surface area contributed by atoms with Gasteiger partial charge in [-0.2, -0.15) is 0 Å². The molecule has 4 heterocycles. The van der Waals surface area contributed by atoms with Crippen LogP contribution in [0.1, 0.15) is 253 Å². The summed E-state index contributed by atoms with van der Waals surface area (Å²) in [6.45, 7) is 35.7. The fourth-order valence-electron chi connectivity index (χ4n) is 13.3. The predicted octanol–water partition coefficient (Wildman–Crippen LogP) is 12.6. The van der Waals surface area contributed by atoms with E-state index in [1.54, 1.807) is 13.8 Å². The van der Waals surface area contributed by atoms with E-state index in [1.807, 2.05) is 83.1 Å². The van der Waals surface area contributed by atoms with E-state index in [2.05, 4.69) is 27.7 Å². The highest BCUT2D eigenvalue weighted by Gasteiger charge is 2.66. The second kappa shape index (κ2) is 25.0. The van der Waals surface area contributed by atoms with Crippen molar-refractivity contribution < 1.29 is 76.2 Å². The second-order valence-corrected chi connectivity index (χ2v) is 29.9. The molecule has 462 valence electrons. The first kappa shape index (κ1) is 66.4. The molecule has 6 saturated carbocycles. The number of cyclic esters (lactones) is 1. The Balaban J connectivity index is 0.000000178. The highest BCUT2D eigenvalue weighted by Crippen LogP contribution is 2.61. The summed E-state index contributed by atoms with van der Waals surface area (Å²) in [6, 6.07) is 0. The zero-order chi connectivity index (χ0) is 60.5. The lowest BCUT2D eigenvalue weighted by Crippen LogP contribution is -2.63. The summed E-state index contributed by atoms with van der Waals surface area (Å²) in [5.41, 5.74) is -3.27. The zero-order valence-electron chi connectivity index (χ0n) is 53.2. The minimum absolute atomic E-state index is 0.0168. The molecule has 16 nitrogen and oxygen atoms in total. The number of hydrogen-bond donors (Lipinski definition) is 0. The van der Waals surface area contributed by atoms with E-state index in [4.69, 9.17) is 42.6 Å². The third kappa shape index (κ3) is 15.2. The van der Waals surface area contributed by atoms with Crippen molar-refractivity contribution in [2.24, 2.45) is 50.7 Å². The molecule has 10 fully saturated rings. The summed E-state index contributed by atoms with van der Waals surface area (Å²) in [5, 5.41) is 0. The molecule has 4 saturated heterocycles. The molecule has 81 heavy (non-hydrogen) atoms. The van der Waals surface area contributed by atoms with E-state index in [0.29, 0.717) is 44.1 Å². The van der Waals surface area contributed by atoms with E-state index < -0.39 is 51.5 Å². The van der Waals surface area contributed by atoms with Gasteiger partial charge in [0, 0.05) is 18.8 Å². The summed E-state index contributed by atoms with van der Waals surface area (Å²) < 4.78 is 51.3. The second-order valence-electron chi connectivity index (χ2n) is 29.9. The maximum atomic E-state index is 12.8. The summed E-state index contributed by atoms with van der Waals surface area (Å²) in [7, 11) is 0. The summed E-state index contributed by atoms with van der Waals surface area (Å²) in [5.74, 6) is -0.167. The molecule has 16 heteroatoms. The number of fused-ring (bicyclic) bond motifs is 1. The van der Waals surface area contributed by atoms with Crippen molar-refractivity contribution in [1.29, 1.82) is 0 Å². The van der Waals surface area contributed by atoms with Gasteiger partial charge in [0.05, 0.1) is 56.9 Å². The number of carbonyl (C=O) groups is 7. The Hall–Kier alpha value is -3.79. The van der Waals surface area contributed by atoms with Gasteiger partial charge >= 0.3 is 41.8 Å². The van der Waals surface area contributed by atoms with Crippen LogP contribution in [-0.2, 0) is 76.2 Å². The van der Waals surface area contributed by atoms with Crippen LogP contribution in [0, 0.1) is 50.7 Å². The van der Waals surface area contributed by atoms with Crippen molar-refractivity contribution in [3.63, 3.8) is 0 Å². The normalized spacial score (nSPS) is 32.5. The first-order chi connectivity index (χ1) is 37.5. The molecule has 6 bridgehead atoms. The van der Waals surface area contributed by atoms with Gasteiger partial charge in [-0.05, 0) is 217 Å². The highest BCUT2D eigenvalue weighted by molar-refractivity contribution is 5.83. The van der Waals surface area contributed by atoms with E-state index in [-0.39, 0.29) is 88.2 Å². The van der Waals surface area contributed by atoms with Crippen molar-refractivity contribution >= 4 is 41.8 Å². The van der Waals surface area contributed by atoms with Gasteiger partial charge in [0.15, 0.2) is 12.2 Å². The molecule has 10 rings (SSSR count). The molecule has 6 aliphatic carbocycles. The maximum Gasteiger partial charge on any atom is 0.347 e. The lowest BCUT2D eigenvalue weighted by atomic mass is 9.52. The van der Waals surface area contributed by atoms with Crippen LogP contribution >= 0.6 is 0 Å². The Kier molecular flexibility index (Phi) is 20.5. The molecular formula is C65H106O16. The van der Waals surface area contributed by atoms with Crippen molar-refractivity contribution in [1.82, 2.24) is 0 Å². The monoisotopic (exact) mass is 1140 g/mol. The van der Waals surface area contributed by atoms with Gasteiger partial charge in [0.2, 0.25) is 6.10 Å². The minimum Gasteiger partial charge on any atom is -0.463 e. The topological polar surface area (TPSA) is 203 Å². The third-order valence-corrected chi connectivity index (χ3v) is 20.3. The summed E-state index contributed by atoms with van der Waals surface area (Å²) in [6.07, 6.45) is 16.5. The van der Waals surface area contributed by atoms with Gasteiger partial charge in [0.1, 0.15) is 23.4 Å². The van der Waals surface area contributed by atoms with Gasteiger partial charge in [-0.25, -0.2) is 4.79 Å². The van der Waals surface area contributed by atoms with E-state index in [1.165, 1.54) is 6.42 Å². The Bertz CT molecular complexity index is 2250. The van der Waals surface area contributed by atoms with Gasteiger partial charge in [0.25, 0.3) is 0 Å². The SMILES string of the molecule is CCC(C)(C)C(=O)OC1(C2CCCC2OC(=O)C(C)(C)C)CCCC1.CCC(C)(C)C(=O)OC1C2CC3C(=O)OC1C3O2.CCC(C)(C)C(=O)OC1CCOC1=O.CCC(C)(C)OC12CC3CC(CC(OC(=O)C(C)(C)CC)(C3)C1)C2. The molecule has 0 spiro atoms. The van der Waals surface area contributed by atoms with Crippen LogP contribution in [0.4, 0.5) is 0 Å². The molecule has 4 aliphatic heterocycles. The Labute approximate surface area is 485 Å². The average molecular weight is 1140 g/mol. The van der Waals surface area contributed by atoms with Crippen molar-refractivity contribution in [2.45, 2.75) is 312 Å². The van der Waals surface area contributed by atoms with Gasteiger partial charge < -0.3 is 42.6 Å². The molecule has 10 unspecified atom stereocenters. The summed E-state index contributed by atoms with van der Waals surface area (Å²) in [4.78, 5) is 84.1. The summed E-state index contributed by atoms with van der Waals surface area (Å²) >= 11 is 0. The molecule has 0 aromatic rings. The van der Waals surface area contributed by atoms with Crippen molar-refractivity contribution in [2.75, 3.05) is 6.61 Å². The number of hydrogen-bond acceptors (Lipinski definition) is 16. The molecule has 0 aromatic heterocycles. The third-order valence-electron chi connectivity index (χ3n) is 20.3. The van der Waals surface area contributed by atoms with Gasteiger partial charge in [-0.15, -0.1) is 0 Å². The Morgan fingerprint density at radius 3 is 1.57 bits per heavy atom. The van der Waals surface area contributed by atoms with Crippen molar-refractivity contribution in [3.05, 3.63) is 0 Å². The van der Waals surface area contributed by atoms with Crippen molar-refractivity contribution in [3.8, 4) is 0 Å². The fourth-order valence-corrected chi connectivity index (χ4v) is 13.3. The van der Waals surface area contributed by atoms with E-state index in [9.17, 15) is 33.6 Å². The van der Waals surface area contributed by atoms with Gasteiger partial charge in [-0.3, -0.25) is 28.8 Å². The maximum absolute atomic E-state index is 12.8. The first-order valence-corrected chi connectivity index (χ1v) is 31.3. The minimum atomic E-state index is -0.687. The van der Waals surface area contributed by atoms with Crippen LogP contribution in [0.2, 0.25) is 0 Å². The molecule has 0 aromatic carbocycles. The van der Waals surface area contributed by atoms with E-state index >= 15 is 0 Å². The number of carbonyl (C=O) groups excluding carboxylic acids is 7. The standard InChI is InChI=1S/C21H36O4.C21H36O3.C13H18O5.C10H16O4/c1-7-20(5,6)18(23)25-21(13-8-9-14-21)15-11-10-12-16(15)24-17(22)19(2,3)4;1-7-18(3,4)17(22)23-20-10-15-9-16(11-20)13-21(12-15,14-20)24-19(5,6)8-2;1-4-13(2,3)12(15)18-9-7-5-6-8(16-7)10(9)17-11(6)14;1-4-10(2,3)9(12)14-7-5-6-13-8(7)11/h15-16H,7-14H2,1-6H3;15-16H,7-14H2,1-6H3;6-10H,4-5H2,1-3H3;7H,4-6H2,1-3H3. The van der Waals surface area contributed by atoms with Crippen LogP contribution < -0.4 is 0 Å².